The molecule has 1 amide bonds. The molecule has 0 aliphatic rings. The minimum atomic E-state index is -0.155. The molecule has 0 saturated heterocycles. The summed E-state index contributed by atoms with van der Waals surface area (Å²) in [5, 5.41) is 2.87. The maximum absolute atomic E-state index is 12.0. The van der Waals surface area contributed by atoms with Gasteiger partial charge in [0.2, 0.25) is 0 Å². The second kappa shape index (κ2) is 6.69. The third-order valence-electron chi connectivity index (χ3n) is 2.40. The van der Waals surface area contributed by atoms with Crippen molar-refractivity contribution in [2.75, 3.05) is 12.3 Å². The quantitative estimate of drug-likeness (QED) is 0.600. The van der Waals surface area contributed by atoms with Gasteiger partial charge in [0, 0.05) is 23.4 Å². The van der Waals surface area contributed by atoms with Crippen LogP contribution >= 0.6 is 0 Å². The summed E-state index contributed by atoms with van der Waals surface area (Å²) in [6, 6.07) is 5.08. The highest BCUT2D eigenvalue weighted by molar-refractivity contribution is 5.95. The number of carbonyl (C=O) groups excluding carboxylic acids is 1. The van der Waals surface area contributed by atoms with Crippen LogP contribution in [0.5, 0.6) is 5.75 Å². The Morgan fingerprint density at radius 3 is 2.89 bits per heavy atom. The molecule has 0 radical (unpaired) electrons. The van der Waals surface area contributed by atoms with Crippen LogP contribution in [0.4, 0.5) is 5.69 Å². The number of nitrogens with two attached hydrogens (primary N) is 1. The van der Waals surface area contributed by atoms with Crippen LogP contribution < -0.4 is 15.8 Å². The van der Waals surface area contributed by atoms with E-state index in [9.17, 15) is 4.79 Å². The van der Waals surface area contributed by atoms with E-state index in [0.717, 1.165) is 6.42 Å². The molecule has 0 fully saturated rings. The summed E-state index contributed by atoms with van der Waals surface area (Å²) in [5.41, 5.74) is 6.77. The molecule has 0 saturated carbocycles. The van der Waals surface area contributed by atoms with Crippen LogP contribution in [0.25, 0.3) is 0 Å². The Balaban J connectivity index is 2.81. The topological polar surface area (TPSA) is 64.4 Å². The maximum atomic E-state index is 12.0. The fourth-order valence-electron chi connectivity index (χ4n) is 1.62. The molecule has 0 heterocycles. The molecule has 0 aromatic heterocycles. The predicted octanol–water partition coefficient (Wildman–Crippen LogP) is 2.36. The Kier molecular flexibility index (Phi) is 5.24. The summed E-state index contributed by atoms with van der Waals surface area (Å²) in [6.07, 6.45) is 2.50. The average Bonchev–Trinajstić information content (AvgIpc) is 2.28. The molecule has 1 aromatic carbocycles. The first-order valence-corrected chi connectivity index (χ1v) is 6.02. The second-order valence-electron chi connectivity index (χ2n) is 4.12. The Bertz CT molecular complexity index is 430. The summed E-state index contributed by atoms with van der Waals surface area (Å²) in [7, 11) is 0. The smallest absolute Gasteiger partial charge is 0.251 e. The molecule has 1 atom stereocenters. The lowest BCUT2D eigenvalue weighted by molar-refractivity contribution is 0.0940. The molecule has 0 aliphatic heterocycles. The molecule has 18 heavy (non-hydrogen) atoms. The molecule has 98 valence electrons. The number of nitrogens with one attached hydrogen (secondary N) is 1. The molecule has 0 spiro atoms. The third-order valence-corrected chi connectivity index (χ3v) is 2.40. The fraction of sp³-hybridized carbons (Fsp3) is 0.357. The normalized spacial score (nSPS) is 11.7. The van der Waals surface area contributed by atoms with Crippen LogP contribution in [0, 0.1) is 0 Å². The lowest BCUT2D eigenvalue weighted by Gasteiger charge is -2.13. The van der Waals surface area contributed by atoms with Gasteiger partial charge in [-0.1, -0.05) is 6.08 Å². The van der Waals surface area contributed by atoms with Crippen LogP contribution in [0.15, 0.2) is 30.9 Å². The largest absolute Gasteiger partial charge is 0.494 e. The molecule has 1 aromatic rings. The SMILES string of the molecule is C=CCC(C)NC(=O)c1cc(N)cc(OCC)c1. The fourth-order valence-corrected chi connectivity index (χ4v) is 1.62. The molecule has 3 N–H and O–H groups in total. The zero-order valence-electron chi connectivity index (χ0n) is 10.9. The lowest BCUT2D eigenvalue weighted by Crippen LogP contribution is -2.32. The highest BCUT2D eigenvalue weighted by Crippen LogP contribution is 2.19. The van der Waals surface area contributed by atoms with Gasteiger partial charge in [-0.15, -0.1) is 6.58 Å². The lowest BCUT2D eigenvalue weighted by atomic mass is 10.1. The van der Waals surface area contributed by atoms with Crippen LogP contribution in [0.1, 0.15) is 30.6 Å². The van der Waals surface area contributed by atoms with Gasteiger partial charge in [-0.2, -0.15) is 0 Å². The summed E-state index contributed by atoms with van der Waals surface area (Å²) < 4.78 is 5.35. The number of rotatable bonds is 6. The zero-order chi connectivity index (χ0) is 13.5. The summed E-state index contributed by atoms with van der Waals surface area (Å²) >= 11 is 0. The van der Waals surface area contributed by atoms with Crippen molar-refractivity contribution in [1.82, 2.24) is 5.32 Å². The Labute approximate surface area is 108 Å². The number of nitrogen functional groups attached to an aromatic ring is 1. The Hall–Kier alpha value is -1.97. The summed E-state index contributed by atoms with van der Waals surface area (Å²) in [5.74, 6) is 0.455. The molecule has 1 rings (SSSR count). The van der Waals surface area contributed by atoms with E-state index in [1.165, 1.54) is 0 Å². The van der Waals surface area contributed by atoms with E-state index in [4.69, 9.17) is 10.5 Å². The van der Waals surface area contributed by atoms with Crippen molar-refractivity contribution >= 4 is 11.6 Å². The minimum Gasteiger partial charge on any atom is -0.494 e. The third kappa shape index (κ3) is 4.13. The Morgan fingerprint density at radius 1 is 1.56 bits per heavy atom. The predicted molar refractivity (Wildman–Crippen MR) is 73.8 cm³/mol. The number of benzene rings is 1. The molecular weight excluding hydrogens is 228 g/mol. The number of hydrogen-bond acceptors (Lipinski definition) is 3. The van der Waals surface area contributed by atoms with Gasteiger partial charge in [-0.05, 0) is 32.4 Å². The van der Waals surface area contributed by atoms with E-state index in [0.29, 0.717) is 23.6 Å². The van der Waals surface area contributed by atoms with Crippen LogP contribution in [0.3, 0.4) is 0 Å². The number of carbonyl (C=O) groups is 1. The van der Waals surface area contributed by atoms with Crippen molar-refractivity contribution < 1.29 is 9.53 Å². The van der Waals surface area contributed by atoms with E-state index in [1.54, 1.807) is 24.3 Å². The first kappa shape index (κ1) is 14.1. The van der Waals surface area contributed by atoms with Gasteiger partial charge in [-0.25, -0.2) is 0 Å². The van der Waals surface area contributed by atoms with Gasteiger partial charge in [0.1, 0.15) is 5.75 Å². The van der Waals surface area contributed by atoms with Crippen molar-refractivity contribution in [3.63, 3.8) is 0 Å². The van der Waals surface area contributed by atoms with Gasteiger partial charge >= 0.3 is 0 Å². The average molecular weight is 248 g/mol. The zero-order valence-corrected chi connectivity index (χ0v) is 10.9. The number of amides is 1. The summed E-state index contributed by atoms with van der Waals surface area (Å²) in [6.45, 7) is 7.99. The van der Waals surface area contributed by atoms with Gasteiger partial charge in [0.15, 0.2) is 0 Å². The van der Waals surface area contributed by atoms with E-state index in [2.05, 4.69) is 11.9 Å². The Morgan fingerprint density at radius 2 is 2.28 bits per heavy atom. The second-order valence-corrected chi connectivity index (χ2v) is 4.12. The van der Waals surface area contributed by atoms with Gasteiger partial charge in [0.05, 0.1) is 6.61 Å². The number of anilines is 1. The molecule has 0 bridgehead atoms. The van der Waals surface area contributed by atoms with Crippen molar-refractivity contribution in [2.24, 2.45) is 0 Å². The minimum absolute atomic E-state index is 0.0481. The molecule has 4 heteroatoms. The van der Waals surface area contributed by atoms with Crippen LogP contribution in [0.2, 0.25) is 0 Å². The summed E-state index contributed by atoms with van der Waals surface area (Å²) in [4.78, 5) is 12.0. The number of ether oxygens (including phenoxy) is 1. The molecular formula is C14H20N2O2. The maximum Gasteiger partial charge on any atom is 0.251 e. The highest BCUT2D eigenvalue weighted by atomic mass is 16.5. The van der Waals surface area contributed by atoms with Gasteiger partial charge in [0.25, 0.3) is 5.91 Å². The molecule has 0 aliphatic carbocycles. The van der Waals surface area contributed by atoms with Crippen LogP contribution in [-0.4, -0.2) is 18.6 Å². The van der Waals surface area contributed by atoms with Crippen molar-refractivity contribution in [3.05, 3.63) is 36.4 Å². The molecule has 1 unspecified atom stereocenters. The monoisotopic (exact) mass is 248 g/mol. The van der Waals surface area contributed by atoms with Crippen molar-refractivity contribution in [3.8, 4) is 5.75 Å². The van der Waals surface area contributed by atoms with Gasteiger partial charge < -0.3 is 15.8 Å². The van der Waals surface area contributed by atoms with Crippen molar-refractivity contribution in [1.29, 1.82) is 0 Å². The van der Waals surface area contributed by atoms with E-state index >= 15 is 0 Å². The first-order valence-electron chi connectivity index (χ1n) is 6.02. The highest BCUT2D eigenvalue weighted by Gasteiger charge is 2.10. The molecule has 4 nitrogen and oxygen atoms in total. The van der Waals surface area contributed by atoms with Gasteiger partial charge in [-0.3, -0.25) is 4.79 Å². The van der Waals surface area contributed by atoms with Crippen molar-refractivity contribution in [2.45, 2.75) is 26.3 Å². The standard InChI is InChI=1S/C14H20N2O2/c1-4-6-10(3)16-14(17)11-7-12(15)9-13(8-11)18-5-2/h4,7-10H,1,5-6,15H2,2-3H3,(H,16,17). The number of hydrogen-bond donors (Lipinski definition) is 2. The van der Waals surface area contributed by atoms with E-state index < -0.39 is 0 Å². The van der Waals surface area contributed by atoms with E-state index in [1.807, 2.05) is 13.8 Å². The van der Waals surface area contributed by atoms with Crippen LogP contribution in [-0.2, 0) is 0 Å². The van der Waals surface area contributed by atoms with E-state index in [-0.39, 0.29) is 11.9 Å². The first-order chi connectivity index (χ1) is 8.56.